The molecular formula is C16H23N5. The lowest BCUT2D eigenvalue weighted by atomic mass is 9.81. The highest BCUT2D eigenvalue weighted by Crippen LogP contribution is 2.31. The highest BCUT2D eigenvalue weighted by Gasteiger charge is 2.30. The van der Waals surface area contributed by atoms with Crippen molar-refractivity contribution >= 4 is 5.95 Å². The number of benzene rings is 1. The van der Waals surface area contributed by atoms with Crippen molar-refractivity contribution in [2.24, 2.45) is 11.1 Å². The molecule has 0 unspecified atom stereocenters. The third-order valence-corrected chi connectivity index (χ3v) is 4.51. The predicted molar refractivity (Wildman–Crippen MR) is 85.2 cm³/mol. The van der Waals surface area contributed by atoms with Crippen LogP contribution in [0.5, 0.6) is 0 Å². The molecule has 5 nitrogen and oxygen atoms in total. The zero-order valence-electron chi connectivity index (χ0n) is 12.8. The Labute approximate surface area is 125 Å². The number of nitrogens with one attached hydrogen (secondary N) is 1. The second-order valence-corrected chi connectivity index (χ2v) is 6.36. The second-order valence-electron chi connectivity index (χ2n) is 6.36. The number of aryl methyl sites for hydroxylation is 1. The van der Waals surface area contributed by atoms with Crippen molar-refractivity contribution < 1.29 is 0 Å². The van der Waals surface area contributed by atoms with Crippen molar-refractivity contribution in [1.29, 1.82) is 0 Å². The number of H-pyrrole nitrogens is 1. The molecule has 0 amide bonds. The summed E-state index contributed by atoms with van der Waals surface area (Å²) < 4.78 is 0. The Hall–Kier alpha value is -1.88. The molecule has 5 heteroatoms. The maximum Gasteiger partial charge on any atom is 0.245 e. The summed E-state index contributed by atoms with van der Waals surface area (Å²) in [5.74, 6) is 1.63. The standard InChI is InChI=1S/C16H23N5/c1-12-4-3-5-13(10-12)14-18-15(20-19-14)21-8-6-16(2,11-17)7-9-21/h3-5,10H,6-9,11,17H2,1-2H3,(H,18,19,20). The predicted octanol–water partition coefficient (Wildman–Crippen LogP) is 2.35. The van der Waals surface area contributed by atoms with Gasteiger partial charge in [-0.15, -0.1) is 5.10 Å². The summed E-state index contributed by atoms with van der Waals surface area (Å²) in [6, 6.07) is 8.30. The first kappa shape index (κ1) is 14.1. The molecule has 1 aliphatic heterocycles. The maximum absolute atomic E-state index is 5.86. The van der Waals surface area contributed by atoms with Crippen LogP contribution in [0.1, 0.15) is 25.3 Å². The van der Waals surface area contributed by atoms with Gasteiger partial charge in [-0.2, -0.15) is 4.98 Å². The molecule has 21 heavy (non-hydrogen) atoms. The molecule has 2 heterocycles. The molecule has 1 aromatic heterocycles. The van der Waals surface area contributed by atoms with Crippen LogP contribution in [-0.2, 0) is 0 Å². The minimum atomic E-state index is 0.270. The monoisotopic (exact) mass is 285 g/mol. The summed E-state index contributed by atoms with van der Waals surface area (Å²) in [5, 5.41) is 7.43. The van der Waals surface area contributed by atoms with Gasteiger partial charge in [0.2, 0.25) is 5.95 Å². The van der Waals surface area contributed by atoms with Gasteiger partial charge in [-0.1, -0.05) is 30.7 Å². The first-order chi connectivity index (χ1) is 10.1. The molecule has 0 spiro atoms. The maximum atomic E-state index is 5.86. The van der Waals surface area contributed by atoms with Crippen molar-refractivity contribution in [1.82, 2.24) is 15.2 Å². The Morgan fingerprint density at radius 3 is 2.76 bits per heavy atom. The Morgan fingerprint density at radius 1 is 1.33 bits per heavy atom. The molecule has 0 radical (unpaired) electrons. The lowest BCUT2D eigenvalue weighted by molar-refractivity contribution is 0.257. The summed E-state index contributed by atoms with van der Waals surface area (Å²) in [4.78, 5) is 6.89. The quantitative estimate of drug-likeness (QED) is 0.908. The van der Waals surface area contributed by atoms with Crippen LogP contribution in [0.15, 0.2) is 24.3 Å². The van der Waals surface area contributed by atoms with Gasteiger partial charge in [0.1, 0.15) is 0 Å². The smallest absolute Gasteiger partial charge is 0.245 e. The van der Waals surface area contributed by atoms with Gasteiger partial charge in [0, 0.05) is 18.7 Å². The van der Waals surface area contributed by atoms with E-state index >= 15 is 0 Å². The highest BCUT2D eigenvalue weighted by atomic mass is 15.4. The molecule has 3 N–H and O–H groups in total. The Kier molecular flexibility index (Phi) is 3.68. The van der Waals surface area contributed by atoms with Gasteiger partial charge in [0.15, 0.2) is 5.82 Å². The number of rotatable bonds is 3. The van der Waals surface area contributed by atoms with E-state index in [2.05, 4.69) is 52.1 Å². The minimum absolute atomic E-state index is 0.270. The van der Waals surface area contributed by atoms with Gasteiger partial charge in [-0.05, 0) is 37.8 Å². The van der Waals surface area contributed by atoms with E-state index in [1.807, 2.05) is 6.07 Å². The topological polar surface area (TPSA) is 70.8 Å². The van der Waals surface area contributed by atoms with E-state index < -0.39 is 0 Å². The normalized spacial score (nSPS) is 18.0. The number of aromatic amines is 1. The van der Waals surface area contributed by atoms with Crippen molar-refractivity contribution in [2.45, 2.75) is 26.7 Å². The number of hydrogen-bond acceptors (Lipinski definition) is 4. The Bertz CT molecular complexity index is 611. The number of anilines is 1. The zero-order valence-corrected chi connectivity index (χ0v) is 12.8. The van der Waals surface area contributed by atoms with Gasteiger partial charge in [0.25, 0.3) is 0 Å². The molecule has 1 aliphatic rings. The van der Waals surface area contributed by atoms with E-state index in [0.717, 1.165) is 49.8 Å². The zero-order chi connectivity index (χ0) is 14.9. The Balaban J connectivity index is 1.74. The molecule has 0 aliphatic carbocycles. The lowest BCUT2D eigenvalue weighted by Gasteiger charge is -2.38. The first-order valence-electron chi connectivity index (χ1n) is 7.54. The second kappa shape index (κ2) is 5.48. The summed E-state index contributed by atoms with van der Waals surface area (Å²) in [7, 11) is 0. The van der Waals surface area contributed by atoms with Gasteiger partial charge in [0.05, 0.1) is 0 Å². The van der Waals surface area contributed by atoms with Crippen LogP contribution >= 0.6 is 0 Å². The molecular weight excluding hydrogens is 262 g/mol. The summed E-state index contributed by atoms with van der Waals surface area (Å²) in [5.41, 5.74) is 8.44. The van der Waals surface area contributed by atoms with Crippen LogP contribution in [0.3, 0.4) is 0 Å². The molecule has 0 atom stereocenters. The Morgan fingerprint density at radius 2 is 2.10 bits per heavy atom. The molecule has 1 fully saturated rings. The highest BCUT2D eigenvalue weighted by molar-refractivity contribution is 5.57. The number of aromatic nitrogens is 3. The molecule has 1 aromatic carbocycles. The molecule has 0 saturated carbocycles. The fraction of sp³-hybridized carbons (Fsp3) is 0.500. The SMILES string of the molecule is Cc1cccc(-c2nc(N3CCC(C)(CN)CC3)n[nH]2)c1. The van der Waals surface area contributed by atoms with Crippen molar-refractivity contribution in [3.8, 4) is 11.4 Å². The van der Waals surface area contributed by atoms with Crippen molar-refractivity contribution in [3.63, 3.8) is 0 Å². The van der Waals surface area contributed by atoms with Crippen LogP contribution < -0.4 is 10.6 Å². The fourth-order valence-corrected chi connectivity index (χ4v) is 2.77. The average Bonchev–Trinajstić information content (AvgIpc) is 2.98. The lowest BCUT2D eigenvalue weighted by Crippen LogP contribution is -2.42. The molecule has 0 bridgehead atoms. The molecule has 112 valence electrons. The minimum Gasteiger partial charge on any atom is -0.339 e. The van der Waals surface area contributed by atoms with Crippen molar-refractivity contribution in [2.75, 3.05) is 24.5 Å². The fourth-order valence-electron chi connectivity index (χ4n) is 2.77. The van der Waals surface area contributed by atoms with E-state index in [4.69, 9.17) is 5.73 Å². The van der Waals surface area contributed by atoms with Crippen LogP contribution in [-0.4, -0.2) is 34.8 Å². The summed E-state index contributed by atoms with van der Waals surface area (Å²) >= 11 is 0. The van der Waals surface area contributed by atoms with Gasteiger partial charge in [-0.25, -0.2) is 0 Å². The number of nitrogens with zero attached hydrogens (tertiary/aromatic N) is 3. The van der Waals surface area contributed by atoms with Crippen LogP contribution in [0.4, 0.5) is 5.95 Å². The van der Waals surface area contributed by atoms with E-state index in [9.17, 15) is 0 Å². The van der Waals surface area contributed by atoms with Gasteiger partial charge < -0.3 is 10.6 Å². The first-order valence-corrected chi connectivity index (χ1v) is 7.54. The third-order valence-electron chi connectivity index (χ3n) is 4.51. The molecule has 2 aromatic rings. The summed E-state index contributed by atoms with van der Waals surface area (Å²) in [6.45, 7) is 7.04. The average molecular weight is 285 g/mol. The van der Waals surface area contributed by atoms with Gasteiger partial charge in [-0.3, -0.25) is 5.10 Å². The number of nitrogens with two attached hydrogens (primary N) is 1. The van der Waals surface area contributed by atoms with Crippen LogP contribution in [0, 0.1) is 12.3 Å². The largest absolute Gasteiger partial charge is 0.339 e. The van der Waals surface area contributed by atoms with E-state index in [-0.39, 0.29) is 5.41 Å². The van der Waals surface area contributed by atoms with Crippen LogP contribution in [0.25, 0.3) is 11.4 Å². The van der Waals surface area contributed by atoms with E-state index in [1.54, 1.807) is 0 Å². The molecule has 1 saturated heterocycles. The van der Waals surface area contributed by atoms with Crippen molar-refractivity contribution in [3.05, 3.63) is 29.8 Å². The molecule has 3 rings (SSSR count). The number of hydrogen-bond donors (Lipinski definition) is 2. The van der Waals surface area contributed by atoms with Gasteiger partial charge >= 0.3 is 0 Å². The van der Waals surface area contributed by atoms with Crippen LogP contribution in [0.2, 0.25) is 0 Å². The van der Waals surface area contributed by atoms with E-state index in [1.165, 1.54) is 5.56 Å². The third kappa shape index (κ3) is 2.93. The summed E-state index contributed by atoms with van der Waals surface area (Å²) in [6.07, 6.45) is 2.19. The number of piperidine rings is 1. The van der Waals surface area contributed by atoms with E-state index in [0.29, 0.717) is 0 Å².